The van der Waals surface area contributed by atoms with Crippen LogP contribution in [0.5, 0.6) is 0 Å². The summed E-state index contributed by atoms with van der Waals surface area (Å²) in [4.78, 5) is 25.8. The van der Waals surface area contributed by atoms with Crippen molar-refractivity contribution in [2.75, 3.05) is 10.7 Å². The maximum atomic E-state index is 12.3. The van der Waals surface area contributed by atoms with Crippen molar-refractivity contribution < 1.29 is 14.7 Å². The molecule has 20 heavy (non-hydrogen) atoms. The molecular weight excluding hydrogens is 342 g/mol. The van der Waals surface area contributed by atoms with Crippen molar-refractivity contribution in [3.8, 4) is 0 Å². The Morgan fingerprint density at radius 2 is 2.15 bits per heavy atom. The summed E-state index contributed by atoms with van der Waals surface area (Å²) in [6.45, 7) is 4.00. The van der Waals surface area contributed by atoms with Crippen LogP contribution in [-0.4, -0.2) is 28.8 Å². The molecule has 1 aromatic carbocycles. The van der Waals surface area contributed by atoms with Gasteiger partial charge in [0.05, 0.1) is 12.1 Å². The highest BCUT2D eigenvalue weighted by molar-refractivity contribution is 9.10. The molecule has 0 aliphatic carbocycles. The third-order valence-electron chi connectivity index (χ3n) is 3.16. The van der Waals surface area contributed by atoms with Crippen molar-refractivity contribution in [3.63, 3.8) is 0 Å². The number of benzene rings is 1. The fraction of sp³-hybridized carbons (Fsp3) is 0.429. The highest BCUT2D eigenvalue weighted by atomic mass is 79.9. The number of halogens is 1. The molecule has 1 aromatic rings. The molecule has 0 saturated carbocycles. The molecule has 1 N–H and O–H groups in total. The van der Waals surface area contributed by atoms with Gasteiger partial charge in [-0.3, -0.25) is 9.59 Å². The lowest BCUT2D eigenvalue weighted by molar-refractivity contribution is -0.138. The van der Waals surface area contributed by atoms with Gasteiger partial charge in [-0.15, -0.1) is 11.8 Å². The lowest BCUT2D eigenvalue weighted by Gasteiger charge is -2.36. The van der Waals surface area contributed by atoms with Gasteiger partial charge in [0, 0.05) is 27.6 Å². The highest BCUT2D eigenvalue weighted by Gasteiger charge is 2.30. The maximum Gasteiger partial charge on any atom is 0.303 e. The van der Waals surface area contributed by atoms with E-state index in [2.05, 4.69) is 22.0 Å². The van der Waals surface area contributed by atoms with E-state index in [-0.39, 0.29) is 24.8 Å². The number of carboxylic acids is 1. The summed E-state index contributed by atoms with van der Waals surface area (Å²) < 4.78 is 0.884. The van der Waals surface area contributed by atoms with Gasteiger partial charge < -0.3 is 10.0 Å². The summed E-state index contributed by atoms with van der Waals surface area (Å²) in [6, 6.07) is 4.11. The average Bonchev–Trinajstić information content (AvgIpc) is 2.36. The Bertz CT molecular complexity index is 562. The van der Waals surface area contributed by atoms with Gasteiger partial charge in [0.1, 0.15) is 0 Å². The van der Waals surface area contributed by atoms with Crippen molar-refractivity contribution >= 4 is 45.3 Å². The summed E-state index contributed by atoms with van der Waals surface area (Å²) in [5.41, 5.74) is 2.00. The van der Waals surface area contributed by atoms with E-state index in [1.807, 2.05) is 19.9 Å². The zero-order valence-electron chi connectivity index (χ0n) is 11.4. The highest BCUT2D eigenvalue weighted by Crippen LogP contribution is 2.43. The monoisotopic (exact) mass is 357 g/mol. The number of rotatable bonds is 3. The molecule has 1 heterocycles. The number of carboxylic acid groups (broad SMARTS) is 1. The smallest absolute Gasteiger partial charge is 0.303 e. The first-order valence-electron chi connectivity index (χ1n) is 6.37. The first-order chi connectivity index (χ1) is 9.40. The van der Waals surface area contributed by atoms with Gasteiger partial charge in [-0.2, -0.15) is 0 Å². The molecule has 6 heteroatoms. The van der Waals surface area contributed by atoms with Crippen LogP contribution < -0.4 is 4.90 Å². The minimum absolute atomic E-state index is 0.0318. The van der Waals surface area contributed by atoms with Gasteiger partial charge in [-0.25, -0.2) is 0 Å². The molecule has 1 aliphatic heterocycles. The summed E-state index contributed by atoms with van der Waals surface area (Å²) in [6.07, 6.45) is -0.0991. The van der Waals surface area contributed by atoms with Crippen LogP contribution in [0.1, 0.15) is 25.3 Å². The first-order valence-corrected chi connectivity index (χ1v) is 8.15. The first kappa shape index (κ1) is 15.4. The molecule has 0 fully saturated rings. The van der Waals surface area contributed by atoms with Gasteiger partial charge in [0.2, 0.25) is 5.91 Å². The van der Waals surface area contributed by atoms with Crippen LogP contribution >= 0.6 is 27.7 Å². The number of aryl methyl sites for hydroxylation is 1. The average molecular weight is 358 g/mol. The third kappa shape index (κ3) is 3.17. The molecule has 0 radical (unpaired) electrons. The Hall–Kier alpha value is -1.01. The predicted molar refractivity (Wildman–Crippen MR) is 83.4 cm³/mol. The largest absolute Gasteiger partial charge is 0.481 e. The SMILES string of the molecule is Cc1cc(Br)c2c(c1)SCC(C)N2C(=O)CCC(=O)O. The molecule has 1 aliphatic rings. The zero-order chi connectivity index (χ0) is 14.9. The van der Waals surface area contributed by atoms with E-state index in [9.17, 15) is 9.59 Å². The van der Waals surface area contributed by atoms with E-state index in [1.54, 1.807) is 16.7 Å². The summed E-state index contributed by atoms with van der Waals surface area (Å²) in [7, 11) is 0. The molecular formula is C14H16BrNO3S. The van der Waals surface area contributed by atoms with Gasteiger partial charge in [0.15, 0.2) is 0 Å². The van der Waals surface area contributed by atoms with E-state index in [0.29, 0.717) is 0 Å². The number of amides is 1. The van der Waals surface area contributed by atoms with Crippen LogP contribution in [0, 0.1) is 6.92 Å². The summed E-state index contributed by atoms with van der Waals surface area (Å²) in [5.74, 6) is -0.256. The number of aliphatic carboxylic acids is 1. The summed E-state index contributed by atoms with van der Waals surface area (Å²) in [5, 5.41) is 8.73. The molecule has 0 spiro atoms. The van der Waals surface area contributed by atoms with Gasteiger partial charge in [0.25, 0.3) is 0 Å². The van der Waals surface area contributed by atoms with E-state index in [4.69, 9.17) is 5.11 Å². The minimum Gasteiger partial charge on any atom is -0.481 e. The zero-order valence-corrected chi connectivity index (χ0v) is 13.8. The molecule has 2 rings (SSSR count). The van der Waals surface area contributed by atoms with Crippen molar-refractivity contribution in [1.29, 1.82) is 0 Å². The van der Waals surface area contributed by atoms with Gasteiger partial charge in [-0.1, -0.05) is 0 Å². The molecule has 1 atom stereocenters. The van der Waals surface area contributed by atoms with Crippen molar-refractivity contribution in [3.05, 3.63) is 22.2 Å². The Kier molecular flexibility index (Phi) is 4.75. The Balaban J connectivity index is 2.34. The second-order valence-corrected chi connectivity index (χ2v) is 6.83. The lowest BCUT2D eigenvalue weighted by Crippen LogP contribution is -2.42. The third-order valence-corrected chi connectivity index (χ3v) is 5.03. The molecule has 0 saturated heterocycles. The number of carbonyl (C=O) groups is 2. The van der Waals surface area contributed by atoms with Crippen molar-refractivity contribution in [1.82, 2.24) is 0 Å². The fourth-order valence-electron chi connectivity index (χ4n) is 2.26. The standard InChI is InChI=1S/C14H16BrNO3S/c1-8-5-10(15)14-11(6-8)20-7-9(2)16(14)12(17)3-4-13(18)19/h5-6,9H,3-4,7H2,1-2H3,(H,18,19). The van der Waals surface area contributed by atoms with Crippen LogP contribution in [0.4, 0.5) is 5.69 Å². The molecule has 0 aromatic heterocycles. The fourth-order valence-corrected chi connectivity index (χ4v) is 4.34. The van der Waals surface area contributed by atoms with Gasteiger partial charge >= 0.3 is 5.97 Å². The molecule has 4 nitrogen and oxygen atoms in total. The minimum atomic E-state index is -0.944. The quantitative estimate of drug-likeness (QED) is 0.899. The van der Waals surface area contributed by atoms with E-state index >= 15 is 0 Å². The number of anilines is 1. The van der Waals surface area contributed by atoms with E-state index < -0.39 is 5.97 Å². The Morgan fingerprint density at radius 3 is 2.80 bits per heavy atom. The number of hydrogen-bond acceptors (Lipinski definition) is 3. The second kappa shape index (κ2) is 6.18. The Morgan fingerprint density at radius 1 is 1.45 bits per heavy atom. The van der Waals surface area contributed by atoms with Crippen LogP contribution in [-0.2, 0) is 9.59 Å². The topological polar surface area (TPSA) is 57.6 Å². The number of nitrogens with zero attached hydrogens (tertiary/aromatic N) is 1. The Labute approximate surface area is 130 Å². The van der Waals surface area contributed by atoms with Crippen LogP contribution in [0.3, 0.4) is 0 Å². The lowest BCUT2D eigenvalue weighted by atomic mass is 10.1. The normalized spacial score (nSPS) is 17.8. The van der Waals surface area contributed by atoms with Gasteiger partial charge in [-0.05, 0) is 47.5 Å². The second-order valence-electron chi connectivity index (χ2n) is 4.91. The van der Waals surface area contributed by atoms with E-state index in [0.717, 1.165) is 26.4 Å². The number of fused-ring (bicyclic) bond motifs is 1. The van der Waals surface area contributed by atoms with Crippen LogP contribution in [0.15, 0.2) is 21.5 Å². The number of hydrogen-bond donors (Lipinski definition) is 1. The molecule has 0 bridgehead atoms. The molecule has 1 amide bonds. The predicted octanol–water partition coefficient (Wildman–Crippen LogP) is 3.45. The van der Waals surface area contributed by atoms with Crippen molar-refractivity contribution in [2.45, 2.75) is 37.6 Å². The number of thioether (sulfide) groups is 1. The van der Waals surface area contributed by atoms with Crippen LogP contribution in [0.2, 0.25) is 0 Å². The van der Waals surface area contributed by atoms with Crippen LogP contribution in [0.25, 0.3) is 0 Å². The summed E-state index contributed by atoms with van der Waals surface area (Å²) >= 11 is 5.26. The van der Waals surface area contributed by atoms with Crippen molar-refractivity contribution in [2.24, 2.45) is 0 Å². The molecule has 1 unspecified atom stereocenters. The number of carbonyl (C=O) groups excluding carboxylic acids is 1. The van der Waals surface area contributed by atoms with E-state index in [1.165, 1.54) is 0 Å². The maximum absolute atomic E-state index is 12.3. The molecule has 108 valence electrons.